The zero-order valence-corrected chi connectivity index (χ0v) is 29.5. The van der Waals surface area contributed by atoms with E-state index in [2.05, 4.69) is 42.7 Å². The van der Waals surface area contributed by atoms with Crippen LogP contribution in [0.25, 0.3) is 11.2 Å². The van der Waals surface area contributed by atoms with Gasteiger partial charge in [0.05, 0.1) is 25.7 Å². The van der Waals surface area contributed by atoms with Crippen LogP contribution in [0.1, 0.15) is 12.6 Å². The molecule has 5 unspecified atom stereocenters. The number of H-pyrrole nitrogens is 1. The molecule has 0 amide bonds. The largest absolute Gasteiger partial charge is 0.508 e. The molecule has 3 aliphatic heterocycles. The fraction of sp³-hybridized carbons (Fsp3) is 0.591. The maximum atomic E-state index is 12.5. The number of nitrogens with one attached hydrogen (secondary N) is 1. The Bertz CT molecular complexity index is 2000. The van der Waals surface area contributed by atoms with Crippen LogP contribution >= 0.6 is 23.5 Å². The topological polar surface area (TPSA) is 374 Å². The van der Waals surface area contributed by atoms with Crippen molar-refractivity contribution < 1.29 is 75.5 Å². The lowest BCUT2D eigenvalue weighted by Gasteiger charge is -2.27. The van der Waals surface area contributed by atoms with Crippen molar-refractivity contribution in [2.24, 2.45) is 0 Å². The molecule has 52 heavy (non-hydrogen) atoms. The van der Waals surface area contributed by atoms with Crippen LogP contribution in [-0.2, 0) is 50.6 Å². The highest BCUT2D eigenvalue weighted by molar-refractivity contribution is 7.66. The molecular weight excluding hydrogens is 769 g/mol. The van der Waals surface area contributed by atoms with Gasteiger partial charge < -0.3 is 60.4 Å². The van der Waals surface area contributed by atoms with Crippen LogP contribution in [0.4, 0.5) is 23.3 Å². The number of nitrogen functional groups attached to an aromatic ring is 2. The first-order valence-corrected chi connectivity index (χ1v) is 19.2. The minimum absolute atomic E-state index is 0.0135. The van der Waals surface area contributed by atoms with E-state index >= 15 is 0 Å². The zero-order chi connectivity index (χ0) is 37.7. The van der Waals surface area contributed by atoms with Crippen molar-refractivity contribution in [3.63, 3.8) is 0 Å². The van der Waals surface area contributed by atoms with Crippen molar-refractivity contribution >= 4 is 57.9 Å². The van der Waals surface area contributed by atoms with Crippen LogP contribution < -0.4 is 26.8 Å². The van der Waals surface area contributed by atoms with Gasteiger partial charge >= 0.3 is 23.5 Å². The van der Waals surface area contributed by atoms with Gasteiger partial charge in [0.25, 0.3) is 5.56 Å². The number of aromatic nitrogens is 6. The number of aliphatic hydroxyl groups excluding tert-OH is 2. The number of aromatic amines is 1. The Balaban J connectivity index is 0.991. The van der Waals surface area contributed by atoms with E-state index in [0.717, 1.165) is 0 Å². The van der Waals surface area contributed by atoms with Crippen molar-refractivity contribution in [1.29, 1.82) is 0 Å². The van der Waals surface area contributed by atoms with E-state index in [1.807, 2.05) is 0 Å². The zero-order valence-electron chi connectivity index (χ0n) is 26.8. The summed E-state index contributed by atoms with van der Waals surface area (Å²) in [6, 6.07) is 0. The molecule has 6 rings (SSSR count). The molecule has 3 aliphatic rings. The summed E-state index contributed by atoms with van der Waals surface area (Å²) in [7, 11) is -14.2. The maximum absolute atomic E-state index is 12.5. The Morgan fingerprint density at radius 2 is 1.73 bits per heavy atom. The average Bonchev–Trinajstić information content (AvgIpc) is 3.79. The molecule has 3 aromatic heterocycles. The van der Waals surface area contributed by atoms with E-state index in [9.17, 15) is 43.4 Å². The number of hydrogen-bond donors (Lipinski definition) is 8. The van der Waals surface area contributed by atoms with E-state index in [1.165, 1.54) is 41.2 Å². The molecular formula is C22H33N10O17P3. The van der Waals surface area contributed by atoms with Gasteiger partial charge in [-0.1, -0.05) is 0 Å². The lowest BCUT2D eigenvalue weighted by atomic mass is 10.1. The fourth-order valence-electron chi connectivity index (χ4n) is 5.70. The molecule has 288 valence electrons. The van der Waals surface area contributed by atoms with Gasteiger partial charge in [0.1, 0.15) is 48.6 Å². The molecule has 0 bridgehead atoms. The first-order chi connectivity index (χ1) is 24.4. The number of imidazole rings is 1. The maximum Gasteiger partial charge on any atom is 0.508 e. The summed E-state index contributed by atoms with van der Waals surface area (Å²) >= 11 is 0. The molecule has 0 spiro atoms. The molecule has 2 saturated heterocycles. The van der Waals surface area contributed by atoms with Crippen LogP contribution in [0.2, 0.25) is 0 Å². The first-order valence-electron chi connectivity index (χ1n) is 14.8. The molecule has 0 aromatic carbocycles. The first kappa shape index (κ1) is 38.5. The molecule has 0 radical (unpaired) electrons. The standard InChI is InChI=1S/C22H33N10O17P3/c1-30-8-32(18-13(30)19(35)29-22(24)28-18)21-15(34)14(33)11(46-21)5-44-50(36,37)48-52(40,41)49-51(38,39)47-43-4-9-3-10(42-2)20(45-9)31-7-27-12-16(23)25-6-26-17(12)31/h6-7,9-11,14-15,20-21,33-34H,3-5,8H2,1-2H3,(H,36,37)(H,38,39)(H,40,41)(H2,23,25,26)(H3,24,28,29,35)/t9-,10?,11+,14?,15-,20+,21+/m0/s1. The Morgan fingerprint density at radius 1 is 1.00 bits per heavy atom. The van der Waals surface area contributed by atoms with Gasteiger partial charge in [0, 0.05) is 20.6 Å². The molecule has 27 nitrogen and oxygen atoms in total. The number of methoxy groups -OCH3 is 1. The third-order valence-electron chi connectivity index (χ3n) is 7.88. The normalized spacial score (nSPS) is 29.6. The van der Waals surface area contributed by atoms with Gasteiger partial charge in [-0.25, -0.2) is 33.5 Å². The number of phosphoric acid groups is 3. The lowest BCUT2D eigenvalue weighted by Crippen LogP contribution is -2.45. The van der Waals surface area contributed by atoms with E-state index < -0.39 is 85.2 Å². The van der Waals surface area contributed by atoms with Gasteiger partial charge in [0.15, 0.2) is 29.7 Å². The summed E-state index contributed by atoms with van der Waals surface area (Å²) in [4.78, 5) is 68.2. The fourth-order valence-corrected chi connectivity index (χ4v) is 9.00. The Hall–Kier alpha value is -3.20. The van der Waals surface area contributed by atoms with Crippen molar-refractivity contribution in [2.45, 2.75) is 49.4 Å². The molecule has 0 aliphatic carbocycles. The summed E-state index contributed by atoms with van der Waals surface area (Å²) in [5.74, 6) is -0.0933. The predicted molar refractivity (Wildman–Crippen MR) is 169 cm³/mol. The molecule has 10 N–H and O–H groups in total. The van der Waals surface area contributed by atoms with E-state index in [-0.39, 0.29) is 36.4 Å². The van der Waals surface area contributed by atoms with Crippen molar-refractivity contribution in [3.8, 4) is 0 Å². The molecule has 3 aromatic rings. The molecule has 0 saturated carbocycles. The number of anilines is 4. The molecule has 2 fully saturated rings. The number of nitrogens with zero attached hydrogens (tertiary/aromatic N) is 7. The average molecular weight is 802 g/mol. The van der Waals surface area contributed by atoms with Crippen molar-refractivity contribution in [3.05, 3.63) is 23.0 Å². The van der Waals surface area contributed by atoms with E-state index in [1.54, 1.807) is 0 Å². The highest BCUT2D eigenvalue weighted by Gasteiger charge is 2.50. The summed E-state index contributed by atoms with van der Waals surface area (Å²) in [6.07, 6.45) is -5.78. The predicted octanol–water partition coefficient (Wildman–Crippen LogP) is -1.96. The Morgan fingerprint density at radius 3 is 2.46 bits per heavy atom. The van der Waals surface area contributed by atoms with Crippen LogP contribution in [-0.4, -0.2) is 125 Å². The Kier molecular flexibility index (Phi) is 10.8. The van der Waals surface area contributed by atoms with Gasteiger partial charge in [0.2, 0.25) is 5.95 Å². The number of nitrogens with two attached hydrogens (primary N) is 2. The molecule has 6 heterocycles. The van der Waals surface area contributed by atoms with Gasteiger partial charge in [-0.3, -0.25) is 18.9 Å². The second-order valence-corrected chi connectivity index (χ2v) is 16.0. The number of phosphoric ester groups is 1. The quantitative estimate of drug-likeness (QED) is 0.0498. The highest BCUT2D eigenvalue weighted by atomic mass is 31.3. The van der Waals surface area contributed by atoms with E-state index in [4.69, 9.17) is 30.6 Å². The number of hydrogen-bond acceptors (Lipinski definition) is 22. The third kappa shape index (κ3) is 8.00. The minimum Gasteiger partial charge on any atom is -0.387 e. The lowest BCUT2D eigenvalue weighted by molar-refractivity contribution is -0.240. The second-order valence-electron chi connectivity index (χ2n) is 11.4. The molecule has 10 atom stereocenters. The van der Waals surface area contributed by atoms with Crippen LogP contribution in [0, 0.1) is 0 Å². The van der Waals surface area contributed by atoms with Crippen LogP contribution in [0.3, 0.4) is 0 Å². The van der Waals surface area contributed by atoms with Crippen molar-refractivity contribution in [2.75, 3.05) is 55.3 Å². The van der Waals surface area contributed by atoms with Gasteiger partial charge in [-0.15, -0.1) is 4.67 Å². The SMILES string of the molecule is COC1C[C@@H](COOP(=O)(O)OP(=O)(O)OP(=O)(O)OC[C@H]2O[C@@H](N3CN(C)c4c3nc(N)[nH]c4=O)[C@@H](O)C2O)O[C@H]1n1cnc2c(N)ncnc21. The van der Waals surface area contributed by atoms with Crippen LogP contribution in [0.5, 0.6) is 0 Å². The third-order valence-corrected chi connectivity index (χ3v) is 12.0. The van der Waals surface area contributed by atoms with Crippen LogP contribution in [0.15, 0.2) is 17.4 Å². The second kappa shape index (κ2) is 14.6. The summed E-state index contributed by atoms with van der Waals surface area (Å²) in [6.45, 7) is -1.62. The summed E-state index contributed by atoms with van der Waals surface area (Å²) in [5.41, 5.74) is 11.6. The van der Waals surface area contributed by atoms with E-state index in [0.29, 0.717) is 11.2 Å². The Labute approximate surface area is 290 Å². The van der Waals surface area contributed by atoms with Gasteiger partial charge in [-0.2, -0.15) is 13.6 Å². The van der Waals surface area contributed by atoms with Crippen molar-refractivity contribution in [1.82, 2.24) is 29.5 Å². The highest BCUT2D eigenvalue weighted by Crippen LogP contribution is 2.67. The summed E-state index contributed by atoms with van der Waals surface area (Å²) < 4.78 is 72.6. The molecule has 30 heteroatoms. The smallest absolute Gasteiger partial charge is 0.387 e. The minimum atomic E-state index is -5.92. The summed E-state index contributed by atoms with van der Waals surface area (Å²) in [5, 5.41) is 21.2. The number of rotatable bonds is 14. The van der Waals surface area contributed by atoms with Gasteiger partial charge in [-0.05, 0) is 0 Å². The monoisotopic (exact) mass is 802 g/mol. The number of fused-ring (bicyclic) bond motifs is 2. The number of ether oxygens (including phenoxy) is 3. The number of aliphatic hydroxyl groups is 2.